The standard InChI is InChI=1S/C40H45Cl2N7O5/c1-4-19-47(39(52)44-23-28-14-17-33(41)34(42)21-28)48-26-37(50)49-35(22-27-12-15-31(16-13-27)54-40(53)43-18-20-45(2)3)38(51)46(25-36(48)49)24-30-10-7-9-29-8-5-6-11-32(29)30/h5-17,21,35-36H,4,18-20,22-26H2,1-3H3,(H,43,53)(H,44,52)/t35-,36+/m0/s1. The van der Waals surface area contributed by atoms with Crippen molar-refractivity contribution in [2.75, 3.05) is 46.8 Å². The van der Waals surface area contributed by atoms with Crippen molar-refractivity contribution in [1.82, 2.24) is 35.4 Å². The van der Waals surface area contributed by atoms with Gasteiger partial charge in [0.15, 0.2) is 0 Å². The van der Waals surface area contributed by atoms with Gasteiger partial charge in [0.1, 0.15) is 18.0 Å². The van der Waals surface area contributed by atoms with Crippen LogP contribution in [0.3, 0.4) is 0 Å². The maximum Gasteiger partial charge on any atom is 0.412 e. The Balaban J connectivity index is 1.25. The van der Waals surface area contributed by atoms with Crippen LogP contribution in [-0.4, -0.2) is 108 Å². The number of carbonyl (C=O) groups excluding carboxylic acids is 4. The largest absolute Gasteiger partial charge is 0.412 e. The summed E-state index contributed by atoms with van der Waals surface area (Å²) >= 11 is 12.3. The van der Waals surface area contributed by atoms with Crippen LogP contribution in [0, 0.1) is 0 Å². The van der Waals surface area contributed by atoms with Crippen LogP contribution in [0.2, 0.25) is 10.0 Å². The third kappa shape index (κ3) is 9.07. The summed E-state index contributed by atoms with van der Waals surface area (Å²) in [5.41, 5.74) is 2.55. The van der Waals surface area contributed by atoms with E-state index in [0.717, 1.165) is 27.5 Å². The molecular weight excluding hydrogens is 729 g/mol. The van der Waals surface area contributed by atoms with E-state index in [1.54, 1.807) is 62.3 Å². The first kappa shape index (κ1) is 38.8. The van der Waals surface area contributed by atoms with E-state index in [1.165, 1.54) is 0 Å². The first-order chi connectivity index (χ1) is 26.0. The number of ether oxygens (including phenoxy) is 1. The van der Waals surface area contributed by atoms with Crippen molar-refractivity contribution in [2.24, 2.45) is 0 Å². The third-order valence-corrected chi connectivity index (χ3v) is 10.3. The van der Waals surface area contributed by atoms with Crippen LogP contribution >= 0.6 is 23.2 Å². The second-order valence-corrected chi connectivity index (χ2v) is 14.6. The first-order valence-electron chi connectivity index (χ1n) is 18.0. The van der Waals surface area contributed by atoms with Crippen LogP contribution < -0.4 is 15.4 Å². The van der Waals surface area contributed by atoms with Crippen molar-refractivity contribution in [2.45, 2.75) is 45.1 Å². The number of nitrogens with zero attached hydrogens (tertiary/aromatic N) is 5. The smallest absolute Gasteiger partial charge is 0.410 e. The third-order valence-electron chi connectivity index (χ3n) is 9.61. The van der Waals surface area contributed by atoms with Gasteiger partial charge in [-0.15, -0.1) is 0 Å². The number of carbonyl (C=O) groups is 4. The van der Waals surface area contributed by atoms with Crippen molar-refractivity contribution in [3.63, 3.8) is 0 Å². The summed E-state index contributed by atoms with van der Waals surface area (Å²) in [5, 5.41) is 12.0. The Morgan fingerprint density at radius 3 is 2.37 bits per heavy atom. The minimum atomic E-state index is -0.833. The van der Waals surface area contributed by atoms with Gasteiger partial charge < -0.3 is 30.1 Å². The number of rotatable bonds is 13. The lowest BCUT2D eigenvalue weighted by atomic mass is 9.99. The van der Waals surface area contributed by atoms with Crippen LogP contribution in [0.4, 0.5) is 9.59 Å². The highest BCUT2D eigenvalue weighted by molar-refractivity contribution is 6.42. The zero-order valence-corrected chi connectivity index (χ0v) is 32.1. The SMILES string of the molecule is CCCN(C(=O)NCc1ccc(Cl)c(Cl)c1)N1CC(=O)N2[C@@H](Cc3ccc(OC(=O)NCCN(C)C)cc3)C(=O)N(Cc3cccc4ccccc34)C[C@@H]21. The molecule has 4 aromatic carbocycles. The van der Waals surface area contributed by atoms with Crippen LogP contribution in [0.5, 0.6) is 5.75 Å². The van der Waals surface area contributed by atoms with Crippen LogP contribution in [0.25, 0.3) is 10.8 Å². The van der Waals surface area contributed by atoms with Crippen LogP contribution in [0.1, 0.15) is 30.0 Å². The molecule has 14 heteroatoms. The van der Waals surface area contributed by atoms with Crippen molar-refractivity contribution >= 4 is 57.9 Å². The van der Waals surface area contributed by atoms with Gasteiger partial charge in [0.05, 0.1) is 23.1 Å². The van der Waals surface area contributed by atoms with Crippen molar-refractivity contribution in [3.8, 4) is 5.75 Å². The van der Waals surface area contributed by atoms with Gasteiger partial charge in [-0.1, -0.05) is 90.8 Å². The fourth-order valence-corrected chi connectivity index (χ4v) is 7.27. The molecule has 2 heterocycles. The van der Waals surface area contributed by atoms with Gasteiger partial charge in [-0.2, -0.15) is 5.01 Å². The number of urea groups is 1. The lowest BCUT2D eigenvalue weighted by molar-refractivity contribution is -0.157. The van der Waals surface area contributed by atoms with Gasteiger partial charge >= 0.3 is 12.1 Å². The Kier molecular flexibility index (Phi) is 12.6. The Bertz CT molecular complexity index is 1990. The number of benzene rings is 4. The molecule has 0 unspecified atom stereocenters. The summed E-state index contributed by atoms with van der Waals surface area (Å²) in [7, 11) is 3.83. The van der Waals surface area contributed by atoms with Crippen molar-refractivity contribution in [3.05, 3.63) is 112 Å². The highest BCUT2D eigenvalue weighted by atomic mass is 35.5. The minimum Gasteiger partial charge on any atom is -0.410 e. The lowest BCUT2D eigenvalue weighted by Gasteiger charge is -2.46. The lowest BCUT2D eigenvalue weighted by Crippen LogP contribution is -2.66. The van der Waals surface area contributed by atoms with E-state index in [0.29, 0.717) is 48.4 Å². The summed E-state index contributed by atoms with van der Waals surface area (Å²) < 4.78 is 5.44. The highest BCUT2D eigenvalue weighted by Gasteiger charge is 2.52. The van der Waals surface area contributed by atoms with E-state index in [1.807, 2.05) is 68.4 Å². The molecule has 284 valence electrons. The molecule has 0 saturated carbocycles. The number of nitrogens with one attached hydrogen (secondary N) is 2. The van der Waals surface area contributed by atoms with Crippen LogP contribution in [-0.2, 0) is 29.1 Å². The fourth-order valence-electron chi connectivity index (χ4n) is 6.94. The second kappa shape index (κ2) is 17.5. The monoisotopic (exact) mass is 773 g/mol. The molecule has 2 fully saturated rings. The Morgan fingerprint density at radius 2 is 1.63 bits per heavy atom. The summed E-state index contributed by atoms with van der Waals surface area (Å²) in [4.78, 5) is 60.0. The first-order valence-corrected chi connectivity index (χ1v) is 18.8. The van der Waals surface area contributed by atoms with Gasteiger partial charge in [0.2, 0.25) is 11.8 Å². The van der Waals surface area contributed by atoms with E-state index in [-0.39, 0.29) is 43.9 Å². The van der Waals surface area contributed by atoms with Gasteiger partial charge in [0, 0.05) is 39.1 Å². The molecule has 2 aliphatic heterocycles. The molecule has 2 aliphatic rings. The van der Waals surface area contributed by atoms with E-state index < -0.39 is 18.3 Å². The number of likely N-dealkylation sites (N-methyl/N-ethyl adjacent to an activating group) is 1. The molecular formula is C40H45Cl2N7O5. The molecule has 5 amide bonds. The maximum absolute atomic E-state index is 14.5. The van der Waals surface area contributed by atoms with Gasteiger partial charge in [-0.3, -0.25) is 14.6 Å². The molecule has 12 nitrogen and oxygen atoms in total. The molecule has 2 N–H and O–H groups in total. The average Bonchev–Trinajstić information content (AvgIpc) is 3.48. The number of hydrazine groups is 1. The summed E-state index contributed by atoms with van der Waals surface area (Å²) in [6, 6.07) is 25.0. The predicted molar refractivity (Wildman–Crippen MR) is 209 cm³/mol. The van der Waals surface area contributed by atoms with Crippen molar-refractivity contribution in [1.29, 1.82) is 0 Å². The molecule has 0 radical (unpaired) electrons. The summed E-state index contributed by atoms with van der Waals surface area (Å²) in [6.45, 7) is 4.13. The van der Waals surface area contributed by atoms with E-state index in [2.05, 4.69) is 10.6 Å². The maximum atomic E-state index is 14.5. The second-order valence-electron chi connectivity index (χ2n) is 13.7. The molecule has 54 heavy (non-hydrogen) atoms. The average molecular weight is 775 g/mol. The molecule has 6 rings (SSSR count). The normalized spacial score (nSPS) is 17.2. The molecule has 2 saturated heterocycles. The Hall–Kier alpha value is -4.88. The highest BCUT2D eigenvalue weighted by Crippen LogP contribution is 2.32. The zero-order valence-electron chi connectivity index (χ0n) is 30.6. The topological polar surface area (TPSA) is 118 Å². The molecule has 2 atom stereocenters. The summed E-state index contributed by atoms with van der Waals surface area (Å²) in [6.07, 6.45) is -0.278. The predicted octanol–water partition coefficient (Wildman–Crippen LogP) is 5.76. The Morgan fingerprint density at radius 1 is 0.889 bits per heavy atom. The van der Waals surface area contributed by atoms with E-state index in [4.69, 9.17) is 27.9 Å². The fraction of sp³-hybridized carbons (Fsp3) is 0.350. The number of amides is 5. The molecule has 0 aliphatic carbocycles. The Labute approximate surface area is 325 Å². The van der Waals surface area contributed by atoms with Gasteiger partial charge in [-0.25, -0.2) is 9.59 Å². The zero-order chi connectivity index (χ0) is 38.4. The van der Waals surface area contributed by atoms with Crippen LogP contribution in [0.15, 0.2) is 84.9 Å². The number of hydrogen-bond acceptors (Lipinski definition) is 7. The van der Waals surface area contributed by atoms with Gasteiger partial charge in [-0.05, 0) is 72.2 Å². The molecule has 0 bridgehead atoms. The molecule has 0 spiro atoms. The molecule has 0 aromatic heterocycles. The summed E-state index contributed by atoms with van der Waals surface area (Å²) in [5.74, 6) is -0.0611. The number of fused-ring (bicyclic) bond motifs is 2. The number of hydrogen-bond donors (Lipinski definition) is 2. The van der Waals surface area contributed by atoms with E-state index >= 15 is 0 Å². The number of halogens is 2. The quantitative estimate of drug-likeness (QED) is 0.178. The number of piperazine rings is 1. The van der Waals surface area contributed by atoms with Crippen molar-refractivity contribution < 1.29 is 23.9 Å². The minimum absolute atomic E-state index is 0.0630. The molecule has 4 aromatic rings. The van der Waals surface area contributed by atoms with Gasteiger partial charge in [0.25, 0.3) is 0 Å². The van der Waals surface area contributed by atoms with E-state index in [9.17, 15) is 19.2 Å².